The zero-order valence-corrected chi connectivity index (χ0v) is 11.9. The van der Waals surface area contributed by atoms with Crippen molar-refractivity contribution < 1.29 is 23.5 Å². The average molecular weight is 283 g/mol. The summed E-state index contributed by atoms with van der Waals surface area (Å²) in [4.78, 5) is 22.8. The Morgan fingerprint density at radius 2 is 2.05 bits per heavy atom. The Labute approximate surface area is 117 Å². The molecule has 0 aliphatic rings. The zero-order valence-electron chi connectivity index (χ0n) is 11.9. The predicted octanol–water partition coefficient (Wildman–Crippen LogP) is 2.60. The number of nitrogens with one attached hydrogen (secondary N) is 1. The maximum absolute atomic E-state index is 13.8. The van der Waals surface area contributed by atoms with E-state index >= 15 is 0 Å². The summed E-state index contributed by atoms with van der Waals surface area (Å²) in [6, 6.07) is 2.96. The van der Waals surface area contributed by atoms with Crippen molar-refractivity contribution in [2.75, 3.05) is 7.11 Å². The van der Waals surface area contributed by atoms with Gasteiger partial charge in [-0.05, 0) is 32.9 Å². The number of carbonyl (C=O) groups is 2. The molecule has 1 aromatic carbocycles. The smallest absolute Gasteiger partial charge is 0.408 e. The Kier molecular flexibility index (Phi) is 5.07. The first-order valence-electron chi connectivity index (χ1n) is 6.05. The number of ether oxygens (including phenoxy) is 2. The van der Waals surface area contributed by atoms with Crippen molar-refractivity contribution in [3.8, 4) is 5.75 Å². The van der Waals surface area contributed by atoms with E-state index in [0.717, 1.165) is 0 Å². The largest absolute Gasteiger partial charge is 0.496 e. The lowest BCUT2D eigenvalue weighted by atomic mass is 10.1. The molecule has 0 saturated heterocycles. The molecule has 1 rings (SSSR count). The highest BCUT2D eigenvalue weighted by molar-refractivity contribution is 5.75. The second kappa shape index (κ2) is 6.36. The van der Waals surface area contributed by atoms with Gasteiger partial charge in [-0.15, -0.1) is 0 Å². The van der Waals surface area contributed by atoms with Gasteiger partial charge in [-0.3, -0.25) is 0 Å². The lowest BCUT2D eigenvalue weighted by Crippen LogP contribution is -2.36. The van der Waals surface area contributed by atoms with Crippen LogP contribution in [0.15, 0.2) is 18.2 Å². The van der Waals surface area contributed by atoms with Crippen LogP contribution in [0.1, 0.15) is 32.4 Å². The molecule has 5 nitrogen and oxygen atoms in total. The van der Waals surface area contributed by atoms with Gasteiger partial charge in [0.05, 0.1) is 12.7 Å². The third-order valence-electron chi connectivity index (χ3n) is 2.35. The summed E-state index contributed by atoms with van der Waals surface area (Å²) in [5.41, 5.74) is -0.743. The zero-order chi connectivity index (χ0) is 15.3. The lowest BCUT2D eigenvalue weighted by molar-refractivity contribution is -0.109. The first-order valence-corrected chi connectivity index (χ1v) is 6.05. The molecular formula is C14H18FNO4. The molecule has 110 valence electrons. The maximum Gasteiger partial charge on any atom is 0.408 e. The molecule has 0 spiro atoms. The van der Waals surface area contributed by atoms with Crippen molar-refractivity contribution in [3.63, 3.8) is 0 Å². The van der Waals surface area contributed by atoms with Gasteiger partial charge in [0.25, 0.3) is 0 Å². The molecule has 1 amide bonds. The summed E-state index contributed by atoms with van der Waals surface area (Å²) in [6.07, 6.45) is -0.384. The minimum absolute atomic E-state index is 0.0316. The molecule has 0 aliphatic carbocycles. The highest BCUT2D eigenvalue weighted by Gasteiger charge is 2.24. The number of carbonyl (C=O) groups excluding carboxylic acids is 2. The fourth-order valence-electron chi connectivity index (χ4n) is 1.61. The number of hydrogen-bond donors (Lipinski definition) is 1. The number of aldehydes is 1. The predicted molar refractivity (Wildman–Crippen MR) is 71.1 cm³/mol. The van der Waals surface area contributed by atoms with Crippen LogP contribution in [0.5, 0.6) is 5.75 Å². The summed E-state index contributed by atoms with van der Waals surface area (Å²) < 4.78 is 23.9. The summed E-state index contributed by atoms with van der Waals surface area (Å²) >= 11 is 0. The third-order valence-corrected chi connectivity index (χ3v) is 2.35. The Bertz CT molecular complexity index is 496. The molecule has 20 heavy (non-hydrogen) atoms. The summed E-state index contributed by atoms with van der Waals surface area (Å²) in [6.45, 7) is 5.06. The molecule has 1 aromatic rings. The first kappa shape index (κ1) is 15.9. The molecule has 0 bridgehead atoms. The van der Waals surface area contributed by atoms with E-state index < -0.39 is 23.6 Å². The van der Waals surface area contributed by atoms with Gasteiger partial charge < -0.3 is 19.6 Å². The fourth-order valence-corrected chi connectivity index (χ4v) is 1.61. The van der Waals surface area contributed by atoms with Crippen molar-refractivity contribution in [1.29, 1.82) is 0 Å². The third kappa shape index (κ3) is 4.22. The van der Waals surface area contributed by atoms with E-state index in [4.69, 9.17) is 9.47 Å². The van der Waals surface area contributed by atoms with E-state index in [1.54, 1.807) is 20.8 Å². The van der Waals surface area contributed by atoms with E-state index in [1.165, 1.54) is 25.3 Å². The second-order valence-corrected chi connectivity index (χ2v) is 5.12. The number of halogens is 1. The molecule has 0 aromatic heterocycles. The summed E-state index contributed by atoms with van der Waals surface area (Å²) in [7, 11) is 1.35. The quantitative estimate of drug-likeness (QED) is 0.863. The van der Waals surface area contributed by atoms with Crippen LogP contribution in [0, 0.1) is 5.82 Å². The van der Waals surface area contributed by atoms with Gasteiger partial charge in [0.1, 0.15) is 29.5 Å². The van der Waals surface area contributed by atoms with Crippen LogP contribution in [0.3, 0.4) is 0 Å². The van der Waals surface area contributed by atoms with Crippen LogP contribution in [0.4, 0.5) is 9.18 Å². The van der Waals surface area contributed by atoms with Gasteiger partial charge in [0.2, 0.25) is 0 Å². The molecule has 0 heterocycles. The van der Waals surface area contributed by atoms with Crippen molar-refractivity contribution in [2.45, 2.75) is 32.4 Å². The molecule has 0 radical (unpaired) electrons. The van der Waals surface area contributed by atoms with Gasteiger partial charge >= 0.3 is 6.09 Å². The number of hydrogen-bond acceptors (Lipinski definition) is 4. The Hall–Kier alpha value is -2.11. The second-order valence-electron chi connectivity index (χ2n) is 5.12. The van der Waals surface area contributed by atoms with Crippen LogP contribution >= 0.6 is 0 Å². The van der Waals surface area contributed by atoms with Crippen LogP contribution in [0.2, 0.25) is 0 Å². The SMILES string of the molecule is COc1cccc(F)c1C(C=O)NC(=O)OC(C)(C)C. The molecule has 0 saturated carbocycles. The molecule has 1 N–H and O–H groups in total. The van der Waals surface area contributed by atoms with Crippen molar-refractivity contribution in [2.24, 2.45) is 0 Å². The van der Waals surface area contributed by atoms with Crippen LogP contribution in [-0.2, 0) is 9.53 Å². The maximum atomic E-state index is 13.8. The van der Waals surface area contributed by atoms with E-state index in [-0.39, 0.29) is 11.3 Å². The number of benzene rings is 1. The van der Waals surface area contributed by atoms with Crippen molar-refractivity contribution in [3.05, 3.63) is 29.6 Å². The first-order chi connectivity index (χ1) is 9.28. The van der Waals surface area contributed by atoms with Gasteiger partial charge in [0.15, 0.2) is 0 Å². The minimum Gasteiger partial charge on any atom is -0.496 e. The summed E-state index contributed by atoms with van der Waals surface area (Å²) in [5.74, 6) is -0.462. The summed E-state index contributed by atoms with van der Waals surface area (Å²) in [5, 5.41) is 2.31. The normalized spacial score (nSPS) is 12.4. The molecule has 1 unspecified atom stereocenters. The Balaban J connectivity index is 2.97. The van der Waals surface area contributed by atoms with E-state index in [1.807, 2.05) is 0 Å². The Morgan fingerprint density at radius 1 is 1.40 bits per heavy atom. The Morgan fingerprint density at radius 3 is 2.55 bits per heavy atom. The molecule has 1 atom stereocenters. The number of methoxy groups -OCH3 is 1. The van der Waals surface area contributed by atoms with Crippen LogP contribution < -0.4 is 10.1 Å². The van der Waals surface area contributed by atoms with Gasteiger partial charge in [0, 0.05) is 0 Å². The van der Waals surface area contributed by atoms with Crippen molar-refractivity contribution >= 4 is 12.4 Å². The number of rotatable bonds is 4. The minimum atomic E-state index is -1.18. The molecular weight excluding hydrogens is 265 g/mol. The molecule has 0 aliphatic heterocycles. The average Bonchev–Trinajstić information content (AvgIpc) is 2.33. The van der Waals surface area contributed by atoms with E-state index in [0.29, 0.717) is 6.29 Å². The van der Waals surface area contributed by atoms with Gasteiger partial charge in [-0.2, -0.15) is 0 Å². The van der Waals surface area contributed by atoms with Gasteiger partial charge in [-0.1, -0.05) is 6.07 Å². The van der Waals surface area contributed by atoms with Crippen LogP contribution in [-0.4, -0.2) is 25.1 Å². The monoisotopic (exact) mass is 283 g/mol. The van der Waals surface area contributed by atoms with E-state index in [9.17, 15) is 14.0 Å². The fraction of sp³-hybridized carbons (Fsp3) is 0.429. The topological polar surface area (TPSA) is 64.6 Å². The van der Waals surface area contributed by atoms with E-state index in [2.05, 4.69) is 5.32 Å². The molecule has 0 fully saturated rings. The highest BCUT2D eigenvalue weighted by Crippen LogP contribution is 2.27. The number of amides is 1. The van der Waals surface area contributed by atoms with Crippen molar-refractivity contribution in [1.82, 2.24) is 5.32 Å². The standard InChI is InChI=1S/C14H18FNO4/c1-14(2,3)20-13(18)16-10(8-17)12-9(15)6-5-7-11(12)19-4/h5-8,10H,1-4H3,(H,16,18). The van der Waals surface area contributed by atoms with Gasteiger partial charge in [-0.25, -0.2) is 9.18 Å². The van der Waals surface area contributed by atoms with Crippen LogP contribution in [0.25, 0.3) is 0 Å². The highest BCUT2D eigenvalue weighted by atomic mass is 19.1. The number of alkyl carbamates (subject to hydrolysis) is 1. The molecule has 6 heteroatoms. The lowest BCUT2D eigenvalue weighted by Gasteiger charge is -2.22.